The van der Waals surface area contributed by atoms with E-state index < -0.39 is 0 Å². The molecule has 4 aromatic rings. The lowest BCUT2D eigenvalue weighted by molar-refractivity contribution is 0.208. The van der Waals surface area contributed by atoms with Gasteiger partial charge in [0.1, 0.15) is 0 Å². The van der Waals surface area contributed by atoms with Crippen molar-refractivity contribution >= 4 is 39.9 Å². The molecular weight excluding hydrogens is 434 g/mol. The normalized spacial score (nSPS) is 13.9. The Morgan fingerprint density at radius 2 is 1.67 bits per heavy atom. The van der Waals surface area contributed by atoms with E-state index in [1.54, 1.807) is 6.07 Å². The molecular formula is C26H24ClN5O. The van der Waals surface area contributed by atoms with Gasteiger partial charge in [0.2, 0.25) is 0 Å². The second kappa shape index (κ2) is 9.08. The number of fused-ring (bicyclic) bond motifs is 1. The highest BCUT2D eigenvalue weighted by atomic mass is 35.5. The van der Waals surface area contributed by atoms with Crippen LogP contribution in [0.1, 0.15) is 5.56 Å². The van der Waals surface area contributed by atoms with E-state index >= 15 is 0 Å². The van der Waals surface area contributed by atoms with Crippen LogP contribution in [-0.4, -0.2) is 47.3 Å². The minimum atomic E-state index is -0.113. The number of hydrogen-bond acceptors (Lipinski definition) is 4. The number of rotatable bonds is 3. The molecule has 1 aliphatic heterocycles. The molecule has 0 bridgehead atoms. The average molecular weight is 458 g/mol. The predicted octanol–water partition coefficient (Wildman–Crippen LogP) is 5.61. The van der Waals surface area contributed by atoms with Crippen molar-refractivity contribution in [1.29, 1.82) is 0 Å². The minimum absolute atomic E-state index is 0.113. The third-order valence-corrected chi connectivity index (χ3v) is 6.26. The van der Waals surface area contributed by atoms with Crippen LogP contribution in [0.5, 0.6) is 0 Å². The largest absolute Gasteiger partial charge is 0.352 e. The zero-order valence-electron chi connectivity index (χ0n) is 18.3. The molecule has 3 aromatic carbocycles. The van der Waals surface area contributed by atoms with Gasteiger partial charge in [0.15, 0.2) is 5.82 Å². The van der Waals surface area contributed by atoms with Crippen LogP contribution in [0.2, 0.25) is 5.02 Å². The smallest absolute Gasteiger partial charge is 0.321 e. The van der Waals surface area contributed by atoms with Gasteiger partial charge >= 0.3 is 6.03 Å². The van der Waals surface area contributed by atoms with E-state index in [0.29, 0.717) is 31.2 Å². The van der Waals surface area contributed by atoms with E-state index in [1.807, 2.05) is 48.2 Å². The summed E-state index contributed by atoms with van der Waals surface area (Å²) in [6.45, 7) is 4.57. The van der Waals surface area contributed by atoms with Gasteiger partial charge in [0, 0.05) is 42.5 Å². The maximum atomic E-state index is 12.7. The van der Waals surface area contributed by atoms with Crippen LogP contribution < -0.4 is 10.2 Å². The Morgan fingerprint density at radius 3 is 2.42 bits per heavy atom. The molecule has 7 heteroatoms. The molecule has 0 saturated carbocycles. The number of hydrogen-bond donors (Lipinski definition) is 1. The van der Waals surface area contributed by atoms with Gasteiger partial charge in [-0.25, -0.2) is 4.79 Å². The van der Waals surface area contributed by atoms with Crippen LogP contribution in [0.25, 0.3) is 22.0 Å². The van der Waals surface area contributed by atoms with Crippen molar-refractivity contribution in [2.45, 2.75) is 6.92 Å². The molecule has 1 aliphatic rings. The number of aromatic nitrogens is 2. The van der Waals surface area contributed by atoms with Crippen LogP contribution in [-0.2, 0) is 0 Å². The lowest BCUT2D eigenvalue weighted by Gasteiger charge is -2.35. The lowest BCUT2D eigenvalue weighted by Crippen LogP contribution is -2.50. The molecule has 1 N–H and O–H groups in total. The monoisotopic (exact) mass is 457 g/mol. The quantitative estimate of drug-likeness (QED) is 0.434. The van der Waals surface area contributed by atoms with Crippen molar-refractivity contribution in [1.82, 2.24) is 15.1 Å². The maximum absolute atomic E-state index is 12.7. The van der Waals surface area contributed by atoms with Gasteiger partial charge in [-0.3, -0.25) is 0 Å². The summed E-state index contributed by atoms with van der Waals surface area (Å²) in [4.78, 5) is 16.7. The number of nitrogens with one attached hydrogen (secondary N) is 1. The number of aryl methyl sites for hydroxylation is 1. The van der Waals surface area contributed by atoms with E-state index in [4.69, 9.17) is 11.6 Å². The fourth-order valence-corrected chi connectivity index (χ4v) is 4.23. The molecule has 6 nitrogen and oxygen atoms in total. The van der Waals surface area contributed by atoms with E-state index in [9.17, 15) is 4.79 Å². The number of carbonyl (C=O) groups excluding carboxylic acids is 1. The Bertz CT molecular complexity index is 1300. The van der Waals surface area contributed by atoms with Crippen molar-refractivity contribution in [3.8, 4) is 11.3 Å². The van der Waals surface area contributed by atoms with E-state index in [2.05, 4.69) is 50.7 Å². The first kappa shape index (κ1) is 21.2. The zero-order valence-corrected chi connectivity index (χ0v) is 19.1. The highest BCUT2D eigenvalue weighted by molar-refractivity contribution is 6.31. The third-order valence-electron chi connectivity index (χ3n) is 6.03. The molecule has 0 atom stereocenters. The molecule has 5 rings (SSSR count). The highest BCUT2D eigenvalue weighted by Crippen LogP contribution is 2.24. The molecule has 0 unspecified atom stereocenters. The van der Waals surface area contributed by atoms with E-state index in [1.165, 1.54) is 10.8 Å². The van der Waals surface area contributed by atoms with Crippen molar-refractivity contribution in [3.63, 3.8) is 0 Å². The summed E-state index contributed by atoms with van der Waals surface area (Å²) in [5.41, 5.74) is 3.61. The SMILES string of the molecule is Cc1ccc(Cl)cc1NC(=O)N1CCN(c2ccc(-c3ccc4ccccc4c3)nn2)CC1. The summed E-state index contributed by atoms with van der Waals surface area (Å²) < 4.78 is 0. The molecule has 1 saturated heterocycles. The fourth-order valence-electron chi connectivity index (χ4n) is 4.06. The van der Waals surface area contributed by atoms with Gasteiger partial charge in [0.25, 0.3) is 0 Å². The van der Waals surface area contributed by atoms with Gasteiger partial charge in [-0.2, -0.15) is 0 Å². The van der Waals surface area contributed by atoms with Gasteiger partial charge < -0.3 is 15.1 Å². The van der Waals surface area contributed by atoms with Gasteiger partial charge in [0.05, 0.1) is 5.69 Å². The second-order valence-electron chi connectivity index (χ2n) is 8.20. The standard InChI is InChI=1S/C26H24ClN5O/c1-18-6-9-22(27)17-24(18)28-26(33)32-14-12-31(13-15-32)25-11-10-23(29-30-25)21-8-7-19-4-2-3-5-20(19)16-21/h2-11,16-17H,12-15H2,1H3,(H,28,33). The Kier molecular flexibility index (Phi) is 5.84. The van der Waals surface area contributed by atoms with Gasteiger partial charge in [-0.15, -0.1) is 10.2 Å². The van der Waals surface area contributed by atoms with Crippen molar-refractivity contribution in [3.05, 3.63) is 83.4 Å². The molecule has 0 aliphatic carbocycles. The van der Waals surface area contributed by atoms with Gasteiger partial charge in [-0.1, -0.05) is 54.1 Å². The van der Waals surface area contributed by atoms with Gasteiger partial charge in [-0.05, 0) is 53.6 Å². The molecule has 166 valence electrons. The lowest BCUT2D eigenvalue weighted by atomic mass is 10.1. The summed E-state index contributed by atoms with van der Waals surface area (Å²) in [5, 5.41) is 14.9. The summed E-state index contributed by atoms with van der Waals surface area (Å²) in [7, 11) is 0. The average Bonchev–Trinajstić information content (AvgIpc) is 2.86. The first-order valence-corrected chi connectivity index (χ1v) is 11.3. The molecule has 0 spiro atoms. The number of carbonyl (C=O) groups is 1. The topological polar surface area (TPSA) is 61.4 Å². The Labute approximate surface area is 197 Å². The number of nitrogens with zero attached hydrogens (tertiary/aromatic N) is 4. The number of benzene rings is 3. The summed E-state index contributed by atoms with van der Waals surface area (Å²) >= 11 is 6.06. The molecule has 1 aromatic heterocycles. The molecule has 2 heterocycles. The molecule has 1 fully saturated rings. The second-order valence-corrected chi connectivity index (χ2v) is 8.64. The van der Waals surface area contributed by atoms with Crippen LogP contribution in [0.4, 0.5) is 16.3 Å². The Balaban J connectivity index is 1.22. The first-order valence-electron chi connectivity index (χ1n) is 11.0. The number of urea groups is 1. The van der Waals surface area contributed by atoms with Crippen LogP contribution in [0.3, 0.4) is 0 Å². The minimum Gasteiger partial charge on any atom is -0.352 e. The van der Waals surface area contributed by atoms with E-state index in [0.717, 1.165) is 28.3 Å². The van der Waals surface area contributed by atoms with Crippen LogP contribution in [0, 0.1) is 6.92 Å². The summed E-state index contributed by atoms with van der Waals surface area (Å²) in [5.74, 6) is 0.824. The van der Waals surface area contributed by atoms with Crippen molar-refractivity contribution in [2.75, 3.05) is 36.4 Å². The summed E-state index contributed by atoms with van der Waals surface area (Å²) in [6.07, 6.45) is 0. The number of amides is 2. The molecule has 2 amide bonds. The van der Waals surface area contributed by atoms with Crippen LogP contribution >= 0.6 is 11.6 Å². The third kappa shape index (κ3) is 4.61. The Morgan fingerprint density at radius 1 is 0.879 bits per heavy atom. The fraction of sp³-hybridized carbons (Fsp3) is 0.192. The summed E-state index contributed by atoms with van der Waals surface area (Å²) in [6, 6.07) is 24.0. The Hall–Kier alpha value is -3.64. The zero-order chi connectivity index (χ0) is 22.8. The molecule has 0 radical (unpaired) electrons. The van der Waals surface area contributed by atoms with Crippen molar-refractivity contribution < 1.29 is 4.79 Å². The molecule has 33 heavy (non-hydrogen) atoms. The number of piperazine rings is 1. The predicted molar refractivity (Wildman–Crippen MR) is 134 cm³/mol. The number of anilines is 2. The highest BCUT2D eigenvalue weighted by Gasteiger charge is 2.22. The van der Waals surface area contributed by atoms with Crippen LogP contribution in [0.15, 0.2) is 72.8 Å². The van der Waals surface area contributed by atoms with E-state index in [-0.39, 0.29) is 6.03 Å². The first-order chi connectivity index (χ1) is 16.1. The number of halogens is 1. The van der Waals surface area contributed by atoms with Crippen molar-refractivity contribution in [2.24, 2.45) is 0 Å². The maximum Gasteiger partial charge on any atom is 0.321 e.